The molecule has 0 bridgehead atoms. The van der Waals surface area contributed by atoms with Crippen molar-refractivity contribution in [3.8, 4) is 0 Å². The molecular formula is C7H7KO3S2. The van der Waals surface area contributed by atoms with Crippen molar-refractivity contribution in [3.63, 3.8) is 0 Å². The minimum Gasteiger partial charge on any atom is -0.739 e. The van der Waals surface area contributed by atoms with E-state index in [2.05, 4.69) is 0 Å². The van der Waals surface area contributed by atoms with E-state index in [-0.39, 0.29) is 57.1 Å². The fraction of sp³-hybridized carbons (Fsp3) is 0.143. The molecule has 6 heteroatoms. The van der Waals surface area contributed by atoms with Crippen LogP contribution in [0.1, 0.15) is 5.56 Å². The zero-order valence-electron chi connectivity index (χ0n) is 7.14. The molecule has 3 nitrogen and oxygen atoms in total. The van der Waals surface area contributed by atoms with E-state index >= 15 is 0 Å². The van der Waals surface area contributed by atoms with Gasteiger partial charge in [0.15, 0.2) is 0 Å². The van der Waals surface area contributed by atoms with Crippen molar-refractivity contribution >= 4 is 19.9 Å². The average Bonchev–Trinajstić information content (AvgIpc) is 2.02. The molecule has 0 saturated heterocycles. The molecular weight excluding hydrogens is 235 g/mol. The fourth-order valence-corrected chi connectivity index (χ4v) is 2.03. The Kier molecular flexibility index (Phi) is 7.14. The summed E-state index contributed by atoms with van der Waals surface area (Å²) in [5.74, 6) is 0.215. The first-order chi connectivity index (χ1) is 5.58. The van der Waals surface area contributed by atoms with E-state index in [1.54, 1.807) is 24.3 Å². The molecule has 0 spiro atoms. The van der Waals surface area contributed by atoms with Crippen LogP contribution in [0.25, 0.3) is 0 Å². The molecule has 0 atom stereocenters. The summed E-state index contributed by atoms with van der Waals surface area (Å²) in [5.41, 5.74) is 0.835. The van der Waals surface area contributed by atoms with Gasteiger partial charge in [-0.05, 0) is 16.4 Å². The summed E-state index contributed by atoms with van der Waals surface area (Å²) in [6, 6.07) is 8.98. The third-order valence-electron chi connectivity index (χ3n) is 1.21. The van der Waals surface area contributed by atoms with E-state index in [1.807, 2.05) is 6.07 Å². The minimum absolute atomic E-state index is 0. The molecule has 0 radical (unpaired) electrons. The van der Waals surface area contributed by atoms with Crippen LogP contribution in [0, 0.1) is 0 Å². The largest absolute Gasteiger partial charge is 1.00 e. The zero-order valence-corrected chi connectivity index (χ0v) is 11.9. The van der Waals surface area contributed by atoms with Crippen LogP contribution in [0.5, 0.6) is 0 Å². The molecule has 0 amide bonds. The summed E-state index contributed by atoms with van der Waals surface area (Å²) in [6.45, 7) is 0. The first-order valence-electron chi connectivity index (χ1n) is 3.22. The Balaban J connectivity index is 0.00000144. The van der Waals surface area contributed by atoms with Crippen LogP contribution in [-0.4, -0.2) is 13.0 Å². The molecule has 0 aliphatic carbocycles. The van der Waals surface area contributed by atoms with Gasteiger partial charge < -0.3 is 4.55 Å². The van der Waals surface area contributed by atoms with Gasteiger partial charge in [0, 0.05) is 5.75 Å². The van der Waals surface area contributed by atoms with Crippen LogP contribution < -0.4 is 51.4 Å². The smallest absolute Gasteiger partial charge is 0.739 e. The molecule has 13 heavy (non-hydrogen) atoms. The average molecular weight is 242 g/mol. The Hall–Kier alpha value is 1.12. The summed E-state index contributed by atoms with van der Waals surface area (Å²) in [6.07, 6.45) is 0. The van der Waals surface area contributed by atoms with E-state index in [9.17, 15) is 13.0 Å². The Labute approximate surface area is 124 Å². The fourth-order valence-electron chi connectivity index (χ4n) is 0.714. The van der Waals surface area contributed by atoms with Crippen molar-refractivity contribution in [1.82, 2.24) is 0 Å². The van der Waals surface area contributed by atoms with Gasteiger partial charge in [-0.2, -0.15) is 0 Å². The molecule has 0 heterocycles. The molecule has 1 aromatic carbocycles. The van der Waals surface area contributed by atoms with Crippen LogP contribution >= 0.6 is 10.8 Å². The maximum absolute atomic E-state index is 10.2. The van der Waals surface area contributed by atoms with Crippen LogP contribution in [0.15, 0.2) is 30.3 Å². The van der Waals surface area contributed by atoms with Crippen LogP contribution in [0.2, 0.25) is 0 Å². The number of rotatable bonds is 3. The van der Waals surface area contributed by atoms with Crippen LogP contribution in [-0.2, 0) is 14.9 Å². The van der Waals surface area contributed by atoms with E-state index in [0.717, 1.165) is 5.56 Å². The standard InChI is InChI=1S/C7H8O3S2.K/c8-12(9,10)11-6-7-4-2-1-3-5-7;/h1-5H,6H2,(H,8,9,10);/q;+1/p-1. The molecule has 1 aromatic rings. The van der Waals surface area contributed by atoms with Crippen molar-refractivity contribution in [2.75, 3.05) is 0 Å². The summed E-state index contributed by atoms with van der Waals surface area (Å²) < 4.78 is 30.6. The first-order valence-corrected chi connectivity index (χ1v) is 6.13. The van der Waals surface area contributed by atoms with Gasteiger partial charge in [0.25, 0.3) is 0 Å². The van der Waals surface area contributed by atoms with Gasteiger partial charge >= 0.3 is 51.4 Å². The van der Waals surface area contributed by atoms with Crippen molar-refractivity contribution in [1.29, 1.82) is 0 Å². The van der Waals surface area contributed by atoms with Gasteiger partial charge in [-0.1, -0.05) is 30.3 Å². The Morgan fingerprint density at radius 2 is 1.77 bits per heavy atom. The van der Waals surface area contributed by atoms with Gasteiger partial charge in [0.2, 0.25) is 0 Å². The zero-order chi connectivity index (χ0) is 9.03. The molecule has 0 N–H and O–H groups in total. The minimum atomic E-state index is -4.16. The number of hydrogen-bond acceptors (Lipinski definition) is 4. The van der Waals surface area contributed by atoms with E-state index in [0.29, 0.717) is 10.8 Å². The van der Waals surface area contributed by atoms with Gasteiger partial charge in [-0.15, -0.1) is 0 Å². The van der Waals surface area contributed by atoms with Gasteiger partial charge in [0.05, 0.1) is 0 Å². The van der Waals surface area contributed by atoms with Crippen molar-refractivity contribution in [2.24, 2.45) is 0 Å². The molecule has 0 aliphatic heterocycles. The van der Waals surface area contributed by atoms with Crippen molar-refractivity contribution < 1.29 is 64.4 Å². The summed E-state index contributed by atoms with van der Waals surface area (Å²) in [5, 5.41) is 0. The Morgan fingerprint density at radius 1 is 1.23 bits per heavy atom. The van der Waals surface area contributed by atoms with Crippen LogP contribution in [0.4, 0.5) is 0 Å². The molecule has 0 fully saturated rings. The summed E-state index contributed by atoms with van der Waals surface area (Å²) in [4.78, 5) is 0. The second-order valence-electron chi connectivity index (χ2n) is 2.16. The normalized spacial score (nSPS) is 10.5. The van der Waals surface area contributed by atoms with Gasteiger partial charge in [-0.3, -0.25) is 0 Å². The molecule has 0 saturated carbocycles. The molecule has 66 valence electrons. The summed E-state index contributed by atoms with van der Waals surface area (Å²) in [7, 11) is -3.75. The second-order valence-corrected chi connectivity index (χ2v) is 5.43. The maximum Gasteiger partial charge on any atom is 1.00 e. The maximum atomic E-state index is 10.2. The first kappa shape index (κ1) is 14.1. The molecule has 1 rings (SSSR count). The van der Waals surface area contributed by atoms with Crippen LogP contribution in [0.3, 0.4) is 0 Å². The third-order valence-corrected chi connectivity index (χ3v) is 3.17. The van der Waals surface area contributed by atoms with Gasteiger partial charge in [-0.25, -0.2) is 8.42 Å². The predicted molar refractivity (Wildman–Crippen MR) is 47.4 cm³/mol. The molecule has 0 aliphatic rings. The molecule has 0 aromatic heterocycles. The Bertz CT molecular complexity index is 336. The SMILES string of the molecule is O=S(=O)([O-])SCc1ccccc1.[K+]. The monoisotopic (exact) mass is 242 g/mol. The van der Waals surface area contributed by atoms with E-state index in [1.165, 1.54) is 0 Å². The second kappa shape index (κ2) is 6.57. The van der Waals surface area contributed by atoms with Crippen molar-refractivity contribution in [2.45, 2.75) is 5.75 Å². The number of hydrogen-bond donors (Lipinski definition) is 0. The van der Waals surface area contributed by atoms with Crippen molar-refractivity contribution in [3.05, 3.63) is 35.9 Å². The number of benzene rings is 1. The summed E-state index contributed by atoms with van der Waals surface area (Å²) >= 11 is 0. The molecule has 0 unspecified atom stereocenters. The quantitative estimate of drug-likeness (QED) is 0.363. The van der Waals surface area contributed by atoms with E-state index < -0.39 is 9.15 Å². The third kappa shape index (κ3) is 7.09. The predicted octanol–water partition coefficient (Wildman–Crippen LogP) is -1.62. The van der Waals surface area contributed by atoms with E-state index in [4.69, 9.17) is 0 Å². The topological polar surface area (TPSA) is 57.2 Å². The van der Waals surface area contributed by atoms with Gasteiger partial charge in [0.1, 0.15) is 9.15 Å². The Morgan fingerprint density at radius 3 is 2.23 bits per heavy atom.